The molecule has 7 heteroatoms. The van der Waals surface area contributed by atoms with E-state index in [9.17, 15) is 0 Å². The molecule has 0 N–H and O–H groups in total. The third-order valence-electron chi connectivity index (χ3n) is 24.8. The summed E-state index contributed by atoms with van der Waals surface area (Å²) in [6, 6.07) is 172. The van der Waals surface area contributed by atoms with Crippen molar-refractivity contribution in [1.29, 1.82) is 0 Å². The van der Waals surface area contributed by atoms with Crippen LogP contribution in [0.3, 0.4) is 0 Å². The van der Waals surface area contributed by atoms with Crippen LogP contribution in [-0.2, 0) is 0 Å². The SMILES string of the molecule is c1ccc(-c2cc(-c3ccccc3)cc(-c3cccc(-c4cc(-c5ccccc5)nc(-c5cccc(-c6cccc7c6c6cc(-c8ccccc8)ccc6n7-c6ccccc6)c5)n4)c3)c2)cc1.c1ccc(-c2ccc3c(c2)c2c(-c4cccc(-c5nc(-c6ccccc6)cc(-c6cccc(-c7cccc8c7oc7ccccc78)c6)n5)c4)cccc2n3-c2ccccc2)cc1. The van der Waals surface area contributed by atoms with E-state index in [-0.39, 0.29) is 0 Å². The first-order chi connectivity index (χ1) is 63.9. The van der Waals surface area contributed by atoms with E-state index in [2.05, 4.69) is 470 Å². The van der Waals surface area contributed by atoms with E-state index >= 15 is 0 Å². The van der Waals surface area contributed by atoms with Crippen LogP contribution in [0.2, 0.25) is 0 Å². The predicted molar refractivity (Wildman–Crippen MR) is 536 cm³/mol. The molecule has 19 aromatic carbocycles. The molecule has 0 bridgehead atoms. The Kier molecular flexibility index (Phi) is 19.9. The molecule has 24 rings (SSSR count). The van der Waals surface area contributed by atoms with Gasteiger partial charge in [-0.2, -0.15) is 0 Å². The van der Waals surface area contributed by atoms with Crippen molar-refractivity contribution in [3.63, 3.8) is 0 Å². The lowest BCUT2D eigenvalue weighted by molar-refractivity contribution is 0.670. The van der Waals surface area contributed by atoms with Crippen molar-refractivity contribution in [2.45, 2.75) is 0 Å². The molecular weight excluding hydrogens is 1570 g/mol. The van der Waals surface area contributed by atoms with Gasteiger partial charge in [-0.1, -0.05) is 364 Å². The summed E-state index contributed by atoms with van der Waals surface area (Å²) in [5, 5.41) is 7.04. The Bertz CT molecular complexity index is 8260. The lowest BCUT2D eigenvalue weighted by Crippen LogP contribution is -1.96. The molecule has 0 fully saturated rings. The van der Waals surface area contributed by atoms with Crippen LogP contribution < -0.4 is 0 Å². The van der Waals surface area contributed by atoms with Crippen molar-refractivity contribution in [3.05, 3.63) is 485 Å². The fraction of sp³-hybridized carbons (Fsp3) is 0. The minimum atomic E-state index is 0.665. The predicted octanol–water partition coefficient (Wildman–Crippen LogP) is 32.4. The van der Waals surface area contributed by atoms with Gasteiger partial charge in [-0.3, -0.25) is 0 Å². The highest BCUT2D eigenvalue weighted by Gasteiger charge is 2.24. The van der Waals surface area contributed by atoms with Crippen LogP contribution in [0.15, 0.2) is 490 Å². The van der Waals surface area contributed by atoms with Crippen LogP contribution in [-0.4, -0.2) is 29.1 Å². The van der Waals surface area contributed by atoms with E-state index in [4.69, 9.17) is 24.4 Å². The molecule has 24 aromatic rings. The van der Waals surface area contributed by atoms with Crippen molar-refractivity contribution < 1.29 is 4.42 Å². The maximum absolute atomic E-state index is 6.46. The zero-order valence-electron chi connectivity index (χ0n) is 70.3. The van der Waals surface area contributed by atoms with Gasteiger partial charge in [0.15, 0.2) is 11.6 Å². The highest BCUT2D eigenvalue weighted by atomic mass is 16.3. The van der Waals surface area contributed by atoms with E-state index in [0.29, 0.717) is 11.6 Å². The summed E-state index contributed by atoms with van der Waals surface area (Å²) < 4.78 is 11.2. The van der Waals surface area contributed by atoms with E-state index in [1.165, 1.54) is 71.6 Å². The Labute approximate surface area is 747 Å². The minimum absolute atomic E-state index is 0.665. The molecule has 0 unspecified atom stereocenters. The molecule has 0 saturated heterocycles. The Morgan fingerprint density at radius 2 is 0.450 bits per heavy atom. The molecule has 0 atom stereocenters. The van der Waals surface area contributed by atoms with Crippen LogP contribution in [0, 0.1) is 0 Å². The van der Waals surface area contributed by atoms with Crippen molar-refractivity contribution >= 4 is 65.6 Å². The smallest absolute Gasteiger partial charge is 0.160 e. The second kappa shape index (κ2) is 33.4. The van der Waals surface area contributed by atoms with Crippen LogP contribution >= 0.6 is 0 Å². The quantitative estimate of drug-likeness (QED) is 0.0964. The molecule has 5 aromatic heterocycles. The summed E-state index contributed by atoms with van der Waals surface area (Å²) in [6.07, 6.45) is 0. The van der Waals surface area contributed by atoms with Gasteiger partial charge in [0, 0.05) is 82.6 Å². The first-order valence-electron chi connectivity index (χ1n) is 43.8. The average Bonchev–Trinajstić information content (AvgIpc) is 1.58. The van der Waals surface area contributed by atoms with E-state index in [1.807, 2.05) is 24.3 Å². The third-order valence-corrected chi connectivity index (χ3v) is 24.8. The van der Waals surface area contributed by atoms with Crippen molar-refractivity contribution in [3.8, 4) is 168 Å². The molecule has 129 heavy (non-hydrogen) atoms. The van der Waals surface area contributed by atoms with Gasteiger partial charge in [0.2, 0.25) is 0 Å². The molecule has 0 radical (unpaired) electrons. The summed E-state index contributed by atoms with van der Waals surface area (Å²) in [6.45, 7) is 0. The van der Waals surface area contributed by atoms with Crippen LogP contribution in [0.1, 0.15) is 0 Å². The molecule has 0 amide bonds. The highest BCUT2D eigenvalue weighted by Crippen LogP contribution is 2.46. The number of aromatic nitrogens is 6. The number of hydrogen-bond donors (Lipinski definition) is 0. The van der Waals surface area contributed by atoms with Crippen molar-refractivity contribution in [2.24, 2.45) is 0 Å². The summed E-state index contributed by atoms with van der Waals surface area (Å²) in [5.41, 5.74) is 36.5. The molecule has 5 heterocycles. The fourth-order valence-corrected chi connectivity index (χ4v) is 18.6. The van der Waals surface area contributed by atoms with Gasteiger partial charge in [-0.25, -0.2) is 19.9 Å². The van der Waals surface area contributed by atoms with Gasteiger partial charge < -0.3 is 13.6 Å². The van der Waals surface area contributed by atoms with Gasteiger partial charge in [-0.05, 0) is 205 Å². The van der Waals surface area contributed by atoms with Gasteiger partial charge in [0.1, 0.15) is 11.2 Å². The number of nitrogens with zero attached hydrogens (tertiary/aromatic N) is 6. The lowest BCUT2D eigenvalue weighted by Gasteiger charge is -2.13. The first kappa shape index (κ1) is 76.6. The molecule has 0 aliphatic heterocycles. The normalized spacial score (nSPS) is 11.4. The summed E-state index contributed by atoms with van der Waals surface area (Å²) in [4.78, 5) is 21.3. The maximum atomic E-state index is 6.46. The summed E-state index contributed by atoms with van der Waals surface area (Å²) in [5.74, 6) is 1.34. The Balaban J connectivity index is 0.000000148. The number of fused-ring (bicyclic) bond motifs is 9. The second-order valence-corrected chi connectivity index (χ2v) is 32.7. The number of hydrogen-bond acceptors (Lipinski definition) is 5. The van der Waals surface area contributed by atoms with Crippen LogP contribution in [0.25, 0.3) is 234 Å². The van der Waals surface area contributed by atoms with Gasteiger partial charge in [0.05, 0.1) is 44.8 Å². The van der Waals surface area contributed by atoms with Crippen LogP contribution in [0.4, 0.5) is 0 Å². The monoisotopic (exact) mass is 1640 g/mol. The minimum Gasteiger partial charge on any atom is -0.455 e. The summed E-state index contributed by atoms with van der Waals surface area (Å²) >= 11 is 0. The number of rotatable bonds is 16. The van der Waals surface area contributed by atoms with E-state index < -0.39 is 0 Å². The lowest BCUT2D eigenvalue weighted by atomic mass is 9.92. The van der Waals surface area contributed by atoms with E-state index in [0.717, 1.165) is 151 Å². The van der Waals surface area contributed by atoms with Crippen LogP contribution in [0.5, 0.6) is 0 Å². The Morgan fingerprint density at radius 3 is 0.891 bits per heavy atom. The van der Waals surface area contributed by atoms with Gasteiger partial charge in [-0.15, -0.1) is 0 Å². The molecule has 0 spiro atoms. The summed E-state index contributed by atoms with van der Waals surface area (Å²) in [7, 11) is 0. The molecular formula is C122H80N6O. The van der Waals surface area contributed by atoms with Gasteiger partial charge in [0.25, 0.3) is 0 Å². The van der Waals surface area contributed by atoms with E-state index in [1.54, 1.807) is 0 Å². The Morgan fingerprint density at radius 1 is 0.163 bits per heavy atom. The maximum Gasteiger partial charge on any atom is 0.160 e. The third kappa shape index (κ3) is 14.8. The topological polar surface area (TPSA) is 74.6 Å². The molecule has 0 aliphatic carbocycles. The highest BCUT2D eigenvalue weighted by molar-refractivity contribution is 6.18. The zero-order chi connectivity index (χ0) is 85.5. The van der Waals surface area contributed by atoms with Crippen molar-refractivity contribution in [2.75, 3.05) is 0 Å². The second-order valence-electron chi connectivity index (χ2n) is 32.7. The Hall–Kier alpha value is -17.3. The number of benzene rings is 19. The molecule has 0 aliphatic rings. The largest absolute Gasteiger partial charge is 0.455 e. The van der Waals surface area contributed by atoms with Crippen molar-refractivity contribution in [1.82, 2.24) is 29.1 Å². The fourth-order valence-electron chi connectivity index (χ4n) is 18.6. The van der Waals surface area contributed by atoms with Gasteiger partial charge >= 0.3 is 0 Å². The average molecular weight is 1650 g/mol. The number of furan rings is 1. The molecule has 0 saturated carbocycles. The standard InChI is InChI=1S/C64H43N3.C58H37N3O/c1-6-19-44(20-7-1)49-35-36-61-58(42-49)63-57(33-18-34-62(63)67(61)56-31-14-5-15-32-56)50-28-17-30-52(38-50)64-65-59(47-25-12-4-13-26-47)43-60(66-64)51-29-16-27-48(37-51)55-40-53(45-21-8-2-9-22-45)39-54(41-55)46-23-10-3-11-24-46;1-4-16-38(17-5-1)40-32-33-53-50(36-40)56-46(27-15-30-54(56)61(53)45-24-8-3-9-25-45)41-20-13-23-44(35-41)58-59-51(39-18-6-2-7-19-39)37-52(60-58)43-22-12-21-42(34-43)47-28-14-29-49-48-26-10-11-31-55(48)62-57(47)49/h1-43H;1-37H. The molecule has 604 valence electrons. The number of para-hydroxylation sites is 4. The molecule has 7 nitrogen and oxygen atoms in total. The first-order valence-corrected chi connectivity index (χ1v) is 43.8. The zero-order valence-corrected chi connectivity index (χ0v) is 70.3.